The van der Waals surface area contributed by atoms with Crippen molar-refractivity contribution in [2.75, 3.05) is 0 Å². The number of phenolic OH excluding ortho intramolecular Hbond substituents is 1. The van der Waals surface area contributed by atoms with Crippen molar-refractivity contribution in [3.63, 3.8) is 0 Å². The maximum Gasteiger partial charge on any atom is 0.144 e. The molecule has 0 bridgehead atoms. The van der Waals surface area contributed by atoms with Crippen molar-refractivity contribution in [2.45, 2.75) is 0 Å². The molecule has 47 heavy (non-hydrogen) atoms. The van der Waals surface area contributed by atoms with Crippen molar-refractivity contribution in [1.82, 2.24) is 19.5 Å². The molecule has 0 radical (unpaired) electrons. The first-order chi connectivity index (χ1) is 23.1. The molecule has 0 fully saturated rings. The van der Waals surface area contributed by atoms with Gasteiger partial charge in [-0.3, -0.25) is 9.97 Å². The van der Waals surface area contributed by atoms with Gasteiger partial charge in [0, 0.05) is 30.6 Å². The molecule has 5 nitrogen and oxygen atoms in total. The van der Waals surface area contributed by atoms with Gasteiger partial charge < -0.3 is 9.67 Å². The number of fused-ring (bicyclic) bond motifs is 1. The van der Waals surface area contributed by atoms with Gasteiger partial charge in [0.25, 0.3) is 0 Å². The lowest BCUT2D eigenvalue weighted by atomic mass is 9.94. The Kier molecular flexibility index (Phi) is 7.12. The van der Waals surface area contributed by atoms with Gasteiger partial charge in [-0.15, -0.1) is 0 Å². The zero-order valence-electron chi connectivity index (χ0n) is 25.7. The Morgan fingerprint density at radius 3 is 1.83 bits per heavy atom. The third-order valence-electron chi connectivity index (χ3n) is 8.67. The number of aromatic nitrogens is 4. The molecule has 224 valence electrons. The molecule has 0 saturated heterocycles. The molecule has 0 aliphatic carbocycles. The van der Waals surface area contributed by atoms with Gasteiger partial charge in [0.05, 0.1) is 23.0 Å². The summed E-state index contributed by atoms with van der Waals surface area (Å²) in [6, 6.07) is 47.5. The maximum atomic E-state index is 10.6. The number of para-hydroxylation sites is 1. The summed E-state index contributed by atoms with van der Waals surface area (Å²) in [4.78, 5) is 14.5. The topological polar surface area (TPSA) is 63.8 Å². The number of hydrogen-bond acceptors (Lipinski definition) is 4. The molecule has 0 atom stereocenters. The van der Waals surface area contributed by atoms with Gasteiger partial charge in [0.2, 0.25) is 0 Å². The Morgan fingerprint density at radius 1 is 0.511 bits per heavy atom. The summed E-state index contributed by atoms with van der Waals surface area (Å²) in [5, 5.41) is 10.6. The van der Waals surface area contributed by atoms with Crippen LogP contribution in [0.5, 0.6) is 5.75 Å². The normalized spacial score (nSPS) is 11.2. The fourth-order valence-electron chi connectivity index (χ4n) is 6.20. The van der Waals surface area contributed by atoms with Crippen molar-refractivity contribution in [3.05, 3.63) is 158 Å². The molecular weight excluding hydrogens is 576 g/mol. The maximum absolute atomic E-state index is 10.6. The van der Waals surface area contributed by atoms with E-state index in [9.17, 15) is 5.11 Å². The molecule has 3 heterocycles. The SMILES string of the molecule is Cn1c(-c2ccccc2O)nc2c(-c3cc(-c4ccccc4)cc(-c4cc(-c5ccc(-c6ccccc6)cc5)ccn4)c3)cncc21. The van der Waals surface area contributed by atoms with Crippen LogP contribution in [0.15, 0.2) is 158 Å². The number of nitrogens with zero attached hydrogens (tertiary/aromatic N) is 4. The monoisotopic (exact) mass is 606 g/mol. The summed E-state index contributed by atoms with van der Waals surface area (Å²) >= 11 is 0. The smallest absolute Gasteiger partial charge is 0.144 e. The van der Waals surface area contributed by atoms with Crippen molar-refractivity contribution in [2.24, 2.45) is 7.05 Å². The third-order valence-corrected chi connectivity index (χ3v) is 8.67. The predicted molar refractivity (Wildman–Crippen MR) is 191 cm³/mol. The highest BCUT2D eigenvalue weighted by molar-refractivity contribution is 5.95. The molecule has 1 N–H and O–H groups in total. The van der Waals surface area contributed by atoms with Crippen molar-refractivity contribution in [1.29, 1.82) is 0 Å². The number of imidazole rings is 1. The second kappa shape index (κ2) is 11.9. The first kappa shape index (κ1) is 28.2. The highest BCUT2D eigenvalue weighted by Crippen LogP contribution is 2.38. The summed E-state index contributed by atoms with van der Waals surface area (Å²) in [7, 11) is 1.95. The molecule has 8 aromatic rings. The van der Waals surface area contributed by atoms with Crippen molar-refractivity contribution < 1.29 is 5.11 Å². The van der Waals surface area contributed by atoms with Crippen molar-refractivity contribution >= 4 is 11.0 Å². The lowest BCUT2D eigenvalue weighted by Crippen LogP contribution is -1.93. The Balaban J connectivity index is 1.25. The molecule has 5 aromatic carbocycles. The largest absolute Gasteiger partial charge is 0.507 e. The van der Waals surface area contributed by atoms with Crippen LogP contribution in [0.2, 0.25) is 0 Å². The van der Waals surface area contributed by atoms with Gasteiger partial charge in [-0.1, -0.05) is 97.1 Å². The van der Waals surface area contributed by atoms with Gasteiger partial charge in [0.1, 0.15) is 17.1 Å². The van der Waals surface area contributed by atoms with Gasteiger partial charge in [-0.25, -0.2) is 4.98 Å². The standard InChI is InChI=1S/C42H30N4O/c1-46-39-27-43-26-37(41(39)45-42(46)36-14-8-9-15-40(36)47)34-22-33(29-12-6-3-7-13-29)23-35(24-34)38-25-32(20-21-44-38)31-18-16-30(17-19-31)28-10-4-2-5-11-28/h2-27,47H,1H3. The van der Waals surface area contributed by atoms with Crippen LogP contribution in [0.3, 0.4) is 0 Å². The Bertz CT molecular complexity index is 2360. The minimum Gasteiger partial charge on any atom is -0.507 e. The molecule has 0 amide bonds. The van der Waals surface area contributed by atoms with Crippen LogP contribution in [-0.2, 0) is 7.05 Å². The number of phenols is 1. The zero-order chi connectivity index (χ0) is 31.7. The number of pyridine rings is 2. The highest BCUT2D eigenvalue weighted by atomic mass is 16.3. The van der Waals surface area contributed by atoms with Crippen LogP contribution in [0.25, 0.3) is 78.2 Å². The highest BCUT2D eigenvalue weighted by Gasteiger charge is 2.18. The first-order valence-electron chi connectivity index (χ1n) is 15.5. The molecule has 0 spiro atoms. The average Bonchev–Trinajstić information content (AvgIpc) is 3.48. The second-order valence-corrected chi connectivity index (χ2v) is 11.6. The molecule has 0 aliphatic rings. The summed E-state index contributed by atoms with van der Waals surface area (Å²) in [5.41, 5.74) is 12.9. The predicted octanol–water partition coefficient (Wildman–Crippen LogP) is 10.1. The lowest BCUT2D eigenvalue weighted by molar-refractivity contribution is 0.476. The van der Waals surface area contributed by atoms with E-state index in [1.54, 1.807) is 6.07 Å². The number of benzene rings is 5. The minimum atomic E-state index is 0.189. The molecule has 3 aromatic heterocycles. The van der Waals surface area contributed by atoms with Crippen LogP contribution in [-0.4, -0.2) is 24.6 Å². The first-order valence-corrected chi connectivity index (χ1v) is 15.5. The number of aromatic hydroxyl groups is 1. The summed E-state index contributed by atoms with van der Waals surface area (Å²) in [5.74, 6) is 0.869. The second-order valence-electron chi connectivity index (χ2n) is 11.6. The van der Waals surface area contributed by atoms with E-state index in [4.69, 9.17) is 9.97 Å². The van der Waals surface area contributed by atoms with E-state index >= 15 is 0 Å². The quantitative estimate of drug-likeness (QED) is 0.205. The summed E-state index contributed by atoms with van der Waals surface area (Å²) in [6.07, 6.45) is 5.58. The van der Waals surface area contributed by atoms with Crippen LogP contribution >= 0.6 is 0 Å². The van der Waals surface area contributed by atoms with Crippen molar-refractivity contribution in [3.8, 4) is 72.9 Å². The molecule has 0 saturated carbocycles. The number of aryl methyl sites for hydroxylation is 1. The van der Waals surface area contributed by atoms with E-state index in [0.29, 0.717) is 11.4 Å². The Hall–Kier alpha value is -6.33. The van der Waals surface area contributed by atoms with Crippen LogP contribution < -0.4 is 0 Å². The van der Waals surface area contributed by atoms with Crippen LogP contribution in [0.4, 0.5) is 0 Å². The number of hydrogen-bond donors (Lipinski definition) is 1. The molecule has 8 rings (SSSR count). The van der Waals surface area contributed by atoms with E-state index in [2.05, 4.69) is 108 Å². The average molecular weight is 607 g/mol. The summed E-state index contributed by atoms with van der Waals surface area (Å²) < 4.78 is 1.98. The van der Waals surface area contributed by atoms with E-state index in [1.807, 2.05) is 60.5 Å². The fourth-order valence-corrected chi connectivity index (χ4v) is 6.20. The molecule has 5 heteroatoms. The zero-order valence-corrected chi connectivity index (χ0v) is 25.7. The Morgan fingerprint density at radius 2 is 1.11 bits per heavy atom. The minimum absolute atomic E-state index is 0.189. The van der Waals surface area contributed by atoms with E-state index in [1.165, 1.54) is 11.1 Å². The summed E-state index contributed by atoms with van der Waals surface area (Å²) in [6.45, 7) is 0. The van der Waals surface area contributed by atoms with Gasteiger partial charge in [-0.05, 0) is 81.4 Å². The van der Waals surface area contributed by atoms with E-state index in [0.717, 1.165) is 55.7 Å². The van der Waals surface area contributed by atoms with Crippen LogP contribution in [0.1, 0.15) is 0 Å². The van der Waals surface area contributed by atoms with Gasteiger partial charge >= 0.3 is 0 Å². The Labute approximate surface area is 273 Å². The lowest BCUT2D eigenvalue weighted by Gasteiger charge is -2.12. The molecule has 0 unspecified atom stereocenters. The van der Waals surface area contributed by atoms with E-state index < -0.39 is 0 Å². The van der Waals surface area contributed by atoms with Crippen LogP contribution in [0, 0.1) is 0 Å². The molecular formula is C42H30N4O. The number of rotatable bonds is 6. The van der Waals surface area contributed by atoms with Gasteiger partial charge in [0.15, 0.2) is 0 Å². The third kappa shape index (κ3) is 5.34. The van der Waals surface area contributed by atoms with E-state index in [-0.39, 0.29) is 5.75 Å². The fraction of sp³-hybridized carbons (Fsp3) is 0.0238. The van der Waals surface area contributed by atoms with Gasteiger partial charge in [-0.2, -0.15) is 0 Å². The molecule has 0 aliphatic heterocycles.